The molecule has 0 radical (unpaired) electrons. The first-order valence-electron chi connectivity index (χ1n) is 9.57. The molecule has 1 fully saturated rings. The van der Waals surface area contributed by atoms with E-state index in [0.717, 1.165) is 16.3 Å². The average Bonchev–Trinajstić information content (AvgIpc) is 2.74. The van der Waals surface area contributed by atoms with E-state index in [4.69, 9.17) is 10.5 Å². The van der Waals surface area contributed by atoms with Crippen LogP contribution in [0.4, 0.5) is 17.2 Å². The Balaban J connectivity index is 1.49. The number of aryl methyl sites for hydroxylation is 1. The number of hydrogen-bond donors (Lipinski definition) is 3. The van der Waals surface area contributed by atoms with Crippen molar-refractivity contribution in [1.82, 2.24) is 4.98 Å². The van der Waals surface area contributed by atoms with Crippen molar-refractivity contribution < 1.29 is 19.4 Å². The van der Waals surface area contributed by atoms with Crippen LogP contribution in [0.2, 0.25) is 0 Å². The molecule has 0 aliphatic carbocycles. The number of nitrogens with two attached hydrogens (primary N) is 1. The molecule has 0 saturated carbocycles. The minimum atomic E-state index is -1.65. The van der Waals surface area contributed by atoms with Crippen LogP contribution in [0.1, 0.15) is 5.56 Å². The fourth-order valence-electron chi connectivity index (χ4n) is 3.45. The summed E-state index contributed by atoms with van der Waals surface area (Å²) in [5, 5.41) is 14.7. The highest BCUT2D eigenvalue weighted by molar-refractivity contribution is 6.04. The number of fused-ring (bicyclic) bond motifs is 1. The zero-order valence-corrected chi connectivity index (χ0v) is 16.4. The van der Waals surface area contributed by atoms with Crippen molar-refractivity contribution >= 4 is 39.8 Å². The lowest BCUT2D eigenvalue weighted by molar-refractivity contribution is -0.150. The zero-order chi connectivity index (χ0) is 21.3. The number of carbonyl (C=O) groups excluding carboxylic acids is 2. The summed E-state index contributed by atoms with van der Waals surface area (Å²) in [7, 11) is 0. The second kappa shape index (κ2) is 8.10. The topological polar surface area (TPSA) is 118 Å². The van der Waals surface area contributed by atoms with Crippen LogP contribution in [0.15, 0.2) is 54.7 Å². The lowest BCUT2D eigenvalue weighted by Crippen LogP contribution is -2.55. The van der Waals surface area contributed by atoms with Crippen molar-refractivity contribution in [3.63, 3.8) is 0 Å². The summed E-state index contributed by atoms with van der Waals surface area (Å²) in [5.41, 5.74) is 8.08. The molecule has 4 rings (SSSR count). The second-order valence-electron chi connectivity index (χ2n) is 7.18. The van der Waals surface area contributed by atoms with Gasteiger partial charge in [-0.15, -0.1) is 0 Å². The van der Waals surface area contributed by atoms with Crippen molar-refractivity contribution in [2.75, 3.05) is 29.1 Å². The van der Waals surface area contributed by atoms with Gasteiger partial charge in [-0.25, -0.2) is 4.98 Å². The van der Waals surface area contributed by atoms with E-state index >= 15 is 0 Å². The van der Waals surface area contributed by atoms with Gasteiger partial charge in [-0.3, -0.25) is 9.59 Å². The summed E-state index contributed by atoms with van der Waals surface area (Å²) in [6, 6.07) is 14.4. The van der Waals surface area contributed by atoms with E-state index in [9.17, 15) is 14.7 Å². The Labute approximate surface area is 173 Å². The third-order valence-electron chi connectivity index (χ3n) is 5.09. The van der Waals surface area contributed by atoms with E-state index < -0.39 is 24.0 Å². The molecule has 1 aromatic heterocycles. The van der Waals surface area contributed by atoms with Crippen LogP contribution in [-0.2, 0) is 14.3 Å². The summed E-state index contributed by atoms with van der Waals surface area (Å²) < 4.78 is 5.45. The number of pyridine rings is 1. The van der Waals surface area contributed by atoms with Gasteiger partial charge in [-0.2, -0.15) is 0 Å². The number of benzene rings is 2. The van der Waals surface area contributed by atoms with Gasteiger partial charge < -0.3 is 25.8 Å². The molecule has 0 bridgehead atoms. The number of aromatic nitrogens is 1. The molecular weight excluding hydrogens is 384 g/mol. The van der Waals surface area contributed by atoms with Gasteiger partial charge >= 0.3 is 0 Å². The first kappa shape index (κ1) is 19.8. The fraction of sp³-hybridized carbons (Fsp3) is 0.227. The predicted octanol–water partition coefficient (Wildman–Crippen LogP) is 1.86. The first-order valence-corrected chi connectivity index (χ1v) is 9.57. The number of carbonyl (C=O) groups is 2. The maximum atomic E-state index is 12.9. The van der Waals surface area contributed by atoms with Crippen molar-refractivity contribution in [2.45, 2.75) is 19.1 Å². The van der Waals surface area contributed by atoms with Crippen LogP contribution in [-0.4, -0.2) is 47.3 Å². The van der Waals surface area contributed by atoms with Gasteiger partial charge in [-0.05, 0) is 48.7 Å². The Morgan fingerprint density at radius 1 is 1.27 bits per heavy atom. The Morgan fingerprint density at radius 2 is 2.03 bits per heavy atom. The van der Waals surface area contributed by atoms with Gasteiger partial charge in [0.25, 0.3) is 11.8 Å². The SMILES string of the molecule is Cc1ccc(N2CCOC([C@@H](O)C(=O)Nc3ccc4c(N)nccc4c3)C2=O)cc1. The molecule has 1 unspecified atom stereocenters. The maximum Gasteiger partial charge on any atom is 0.259 e. The van der Waals surface area contributed by atoms with Crippen LogP contribution in [0.25, 0.3) is 10.8 Å². The summed E-state index contributed by atoms with van der Waals surface area (Å²) in [4.78, 5) is 31.0. The number of rotatable bonds is 4. The largest absolute Gasteiger partial charge is 0.383 e. The van der Waals surface area contributed by atoms with Crippen LogP contribution in [0, 0.1) is 6.92 Å². The van der Waals surface area contributed by atoms with Gasteiger partial charge in [0.1, 0.15) is 5.82 Å². The number of morpholine rings is 1. The molecule has 30 heavy (non-hydrogen) atoms. The molecule has 4 N–H and O–H groups in total. The normalized spacial score (nSPS) is 17.7. The van der Waals surface area contributed by atoms with E-state index in [0.29, 0.717) is 23.7 Å². The van der Waals surface area contributed by atoms with E-state index in [1.54, 1.807) is 30.5 Å². The summed E-state index contributed by atoms with van der Waals surface area (Å²) in [5.74, 6) is -0.784. The number of amides is 2. The number of anilines is 3. The molecule has 0 spiro atoms. The molecule has 2 heterocycles. The molecule has 1 saturated heterocycles. The van der Waals surface area contributed by atoms with Crippen molar-refractivity contribution in [1.29, 1.82) is 0 Å². The molecule has 2 atom stereocenters. The average molecular weight is 406 g/mol. The Bertz CT molecular complexity index is 1100. The minimum Gasteiger partial charge on any atom is -0.383 e. The number of aliphatic hydroxyl groups excluding tert-OH is 1. The van der Waals surface area contributed by atoms with Gasteiger partial charge in [0.15, 0.2) is 12.2 Å². The van der Waals surface area contributed by atoms with Crippen molar-refractivity contribution in [2.24, 2.45) is 0 Å². The molecule has 2 amide bonds. The monoisotopic (exact) mass is 406 g/mol. The molecule has 154 valence electrons. The van der Waals surface area contributed by atoms with Gasteiger partial charge in [0, 0.05) is 29.5 Å². The number of ether oxygens (including phenoxy) is 1. The van der Waals surface area contributed by atoms with Crippen LogP contribution < -0.4 is 16.0 Å². The molecule has 2 aromatic carbocycles. The lowest BCUT2D eigenvalue weighted by Gasteiger charge is -2.34. The lowest BCUT2D eigenvalue weighted by atomic mass is 10.1. The van der Waals surface area contributed by atoms with Crippen LogP contribution >= 0.6 is 0 Å². The number of hydrogen-bond acceptors (Lipinski definition) is 6. The number of nitrogens with zero attached hydrogens (tertiary/aromatic N) is 2. The van der Waals surface area contributed by atoms with Crippen molar-refractivity contribution in [3.8, 4) is 0 Å². The minimum absolute atomic E-state index is 0.219. The summed E-state index contributed by atoms with van der Waals surface area (Å²) in [6.07, 6.45) is -1.35. The third kappa shape index (κ3) is 3.83. The van der Waals surface area contributed by atoms with E-state index in [-0.39, 0.29) is 6.61 Å². The van der Waals surface area contributed by atoms with Crippen LogP contribution in [0.3, 0.4) is 0 Å². The van der Waals surface area contributed by atoms with Gasteiger partial charge in [0.2, 0.25) is 0 Å². The van der Waals surface area contributed by atoms with Crippen LogP contribution in [0.5, 0.6) is 0 Å². The molecule has 1 aliphatic rings. The highest BCUT2D eigenvalue weighted by Crippen LogP contribution is 2.24. The fourth-order valence-corrected chi connectivity index (χ4v) is 3.45. The Hall–Kier alpha value is -3.49. The predicted molar refractivity (Wildman–Crippen MR) is 114 cm³/mol. The molecular formula is C22H22N4O4. The smallest absolute Gasteiger partial charge is 0.259 e. The number of nitrogen functional groups attached to an aromatic ring is 1. The Kier molecular flexibility index (Phi) is 5.35. The summed E-state index contributed by atoms with van der Waals surface area (Å²) in [6.45, 7) is 2.53. The molecule has 1 aliphatic heterocycles. The Morgan fingerprint density at radius 3 is 2.80 bits per heavy atom. The van der Waals surface area contributed by atoms with E-state index in [2.05, 4.69) is 10.3 Å². The quantitative estimate of drug-likeness (QED) is 0.609. The molecule has 8 nitrogen and oxygen atoms in total. The standard InChI is InChI=1S/C22H22N4O4/c1-13-2-5-16(6-3-13)26-10-11-30-19(22(26)29)18(27)21(28)25-15-4-7-17-14(12-15)8-9-24-20(17)23/h2-9,12,18-19,27H,10-11H2,1H3,(H2,23,24)(H,25,28)/t18-,19?/m1/s1. The van der Waals surface area contributed by atoms with E-state index in [1.165, 1.54) is 4.90 Å². The third-order valence-corrected chi connectivity index (χ3v) is 5.09. The van der Waals surface area contributed by atoms with Gasteiger partial charge in [0.05, 0.1) is 6.61 Å². The maximum absolute atomic E-state index is 12.9. The first-order chi connectivity index (χ1) is 14.4. The molecule has 3 aromatic rings. The second-order valence-corrected chi connectivity index (χ2v) is 7.18. The zero-order valence-electron chi connectivity index (χ0n) is 16.4. The van der Waals surface area contributed by atoms with Gasteiger partial charge in [-0.1, -0.05) is 17.7 Å². The summed E-state index contributed by atoms with van der Waals surface area (Å²) >= 11 is 0. The highest BCUT2D eigenvalue weighted by atomic mass is 16.5. The number of nitrogens with one attached hydrogen (secondary N) is 1. The molecule has 8 heteroatoms. The van der Waals surface area contributed by atoms with Crippen molar-refractivity contribution in [3.05, 3.63) is 60.3 Å². The van der Waals surface area contributed by atoms with E-state index in [1.807, 2.05) is 31.2 Å². The highest BCUT2D eigenvalue weighted by Gasteiger charge is 2.39. The number of aliphatic hydroxyl groups is 1.